The number of ether oxygens (including phenoxy) is 1. The van der Waals surface area contributed by atoms with Crippen LogP contribution in [-0.4, -0.2) is 58.8 Å². The molecule has 3 rings (SSSR count). The van der Waals surface area contributed by atoms with Crippen molar-refractivity contribution in [3.8, 4) is 17.0 Å². The van der Waals surface area contributed by atoms with Crippen LogP contribution in [0.2, 0.25) is 0 Å². The minimum atomic E-state index is -1.22. The topological polar surface area (TPSA) is 148 Å². The Morgan fingerprint density at radius 1 is 1.05 bits per heavy atom. The standard InChI is InChI=1S/C29H33N3O7S/c1-18(2)28(31-26(34)14-21-13-20(9-10-25(21)38-3)22-11-12-39-32-22)29(37)30-23(15-27(35)36)24(33)17-40-16-19-7-5-4-6-8-19/h4-13,18,23,28H,14-17H2,1-3H3,(H,30,37)(H,31,34)(H,35,36)/t23-,28-/m0/s1. The lowest BCUT2D eigenvalue weighted by Gasteiger charge is -2.25. The Hall–Kier alpha value is -4.12. The summed E-state index contributed by atoms with van der Waals surface area (Å²) in [5.41, 5.74) is 2.94. The highest BCUT2D eigenvalue weighted by Gasteiger charge is 2.30. The number of carbonyl (C=O) groups excluding carboxylic acids is 3. The Morgan fingerprint density at radius 3 is 2.42 bits per heavy atom. The van der Waals surface area contributed by atoms with Gasteiger partial charge in [0.05, 0.1) is 31.7 Å². The average molecular weight is 568 g/mol. The molecule has 3 aromatic rings. The molecule has 0 saturated heterocycles. The van der Waals surface area contributed by atoms with E-state index in [4.69, 9.17) is 9.26 Å². The molecule has 212 valence electrons. The predicted octanol–water partition coefficient (Wildman–Crippen LogP) is 3.50. The van der Waals surface area contributed by atoms with Crippen LogP contribution in [0.15, 0.2) is 65.4 Å². The molecule has 40 heavy (non-hydrogen) atoms. The van der Waals surface area contributed by atoms with Crippen molar-refractivity contribution >= 4 is 35.3 Å². The van der Waals surface area contributed by atoms with Gasteiger partial charge in [-0.05, 0) is 29.7 Å². The van der Waals surface area contributed by atoms with Crippen molar-refractivity contribution in [2.75, 3.05) is 12.9 Å². The molecule has 0 aliphatic heterocycles. The number of hydrogen-bond donors (Lipinski definition) is 3. The van der Waals surface area contributed by atoms with Crippen molar-refractivity contribution in [2.24, 2.45) is 5.92 Å². The van der Waals surface area contributed by atoms with E-state index in [9.17, 15) is 24.3 Å². The summed E-state index contributed by atoms with van der Waals surface area (Å²) in [6, 6.07) is 14.3. The number of benzene rings is 2. The highest BCUT2D eigenvalue weighted by Crippen LogP contribution is 2.26. The van der Waals surface area contributed by atoms with Gasteiger partial charge in [0.25, 0.3) is 0 Å². The average Bonchev–Trinajstić information content (AvgIpc) is 3.46. The molecule has 0 spiro atoms. The molecule has 1 aromatic heterocycles. The first kappa shape index (κ1) is 30.4. The predicted molar refractivity (Wildman–Crippen MR) is 151 cm³/mol. The number of rotatable bonds is 15. The van der Waals surface area contributed by atoms with E-state index in [2.05, 4.69) is 15.8 Å². The number of nitrogens with zero attached hydrogens (tertiary/aromatic N) is 1. The maximum absolute atomic E-state index is 13.2. The van der Waals surface area contributed by atoms with Gasteiger partial charge in [-0.2, -0.15) is 0 Å². The third-order valence-corrected chi connectivity index (χ3v) is 7.10. The van der Waals surface area contributed by atoms with E-state index in [1.54, 1.807) is 38.1 Å². The van der Waals surface area contributed by atoms with Crippen LogP contribution in [0.1, 0.15) is 31.4 Å². The molecule has 0 bridgehead atoms. The summed E-state index contributed by atoms with van der Waals surface area (Å²) in [5, 5.41) is 18.5. The van der Waals surface area contributed by atoms with E-state index in [0.29, 0.717) is 22.8 Å². The molecule has 0 aliphatic rings. The Morgan fingerprint density at radius 2 is 1.80 bits per heavy atom. The molecule has 0 aliphatic carbocycles. The monoisotopic (exact) mass is 567 g/mol. The van der Waals surface area contributed by atoms with E-state index in [0.717, 1.165) is 11.1 Å². The molecule has 2 atom stereocenters. The molecule has 0 radical (unpaired) electrons. The number of aromatic nitrogens is 1. The third kappa shape index (κ3) is 8.98. The second-order valence-electron chi connectivity index (χ2n) is 9.48. The van der Waals surface area contributed by atoms with Gasteiger partial charge in [0.2, 0.25) is 11.8 Å². The summed E-state index contributed by atoms with van der Waals surface area (Å²) in [5.74, 6) is -1.91. The minimum absolute atomic E-state index is 0.0352. The number of carboxylic acid groups (broad SMARTS) is 1. The third-order valence-electron chi connectivity index (χ3n) is 6.07. The molecule has 1 heterocycles. The lowest BCUT2D eigenvalue weighted by molar-refractivity contribution is -0.140. The number of thioether (sulfide) groups is 1. The van der Waals surface area contributed by atoms with E-state index in [1.807, 2.05) is 30.3 Å². The number of ketones is 1. The van der Waals surface area contributed by atoms with Gasteiger partial charge in [0.15, 0.2) is 5.78 Å². The summed E-state index contributed by atoms with van der Waals surface area (Å²) in [4.78, 5) is 50.5. The quantitative estimate of drug-likeness (QED) is 0.251. The first-order valence-electron chi connectivity index (χ1n) is 12.7. The summed E-state index contributed by atoms with van der Waals surface area (Å²) < 4.78 is 10.3. The van der Waals surface area contributed by atoms with Crippen LogP contribution in [0.4, 0.5) is 0 Å². The van der Waals surface area contributed by atoms with Gasteiger partial charge in [-0.15, -0.1) is 11.8 Å². The zero-order valence-electron chi connectivity index (χ0n) is 22.6. The largest absolute Gasteiger partial charge is 0.496 e. The van der Waals surface area contributed by atoms with Crippen molar-refractivity contribution in [3.05, 3.63) is 72.0 Å². The lowest BCUT2D eigenvalue weighted by Crippen LogP contribution is -2.54. The van der Waals surface area contributed by atoms with Crippen molar-refractivity contribution in [1.82, 2.24) is 15.8 Å². The lowest BCUT2D eigenvalue weighted by atomic mass is 10.0. The maximum Gasteiger partial charge on any atom is 0.305 e. The van der Waals surface area contributed by atoms with Crippen LogP contribution in [0, 0.1) is 5.92 Å². The fourth-order valence-electron chi connectivity index (χ4n) is 4.00. The highest BCUT2D eigenvalue weighted by molar-refractivity contribution is 7.99. The van der Waals surface area contributed by atoms with E-state index >= 15 is 0 Å². The Kier molecular flexibility index (Phi) is 11.3. The minimum Gasteiger partial charge on any atom is -0.496 e. The first-order valence-corrected chi connectivity index (χ1v) is 13.9. The van der Waals surface area contributed by atoms with Gasteiger partial charge in [-0.25, -0.2) is 0 Å². The molecular formula is C29H33N3O7S. The molecule has 0 saturated carbocycles. The molecule has 3 N–H and O–H groups in total. The molecule has 2 aromatic carbocycles. The Bertz CT molecular complexity index is 1300. The summed E-state index contributed by atoms with van der Waals surface area (Å²) in [6.07, 6.45) is 0.808. The SMILES string of the molecule is COc1ccc(-c2ccon2)cc1CC(=O)N[C@H](C(=O)N[C@@H](CC(=O)O)C(=O)CSCc1ccccc1)C(C)C. The second kappa shape index (κ2) is 14.9. The molecule has 0 fully saturated rings. The van der Waals surface area contributed by atoms with E-state index in [1.165, 1.54) is 25.1 Å². The van der Waals surface area contributed by atoms with Gasteiger partial charge in [0.1, 0.15) is 23.7 Å². The van der Waals surface area contributed by atoms with Gasteiger partial charge >= 0.3 is 5.97 Å². The number of Topliss-reactive ketones (excluding diaryl/α,β-unsaturated/α-hetero) is 1. The van der Waals surface area contributed by atoms with Crippen molar-refractivity contribution < 1.29 is 33.5 Å². The number of aliphatic carboxylic acids is 1. The zero-order chi connectivity index (χ0) is 29.1. The Balaban J connectivity index is 1.65. The second-order valence-corrected chi connectivity index (χ2v) is 10.5. The number of amides is 2. The van der Waals surface area contributed by atoms with Crippen molar-refractivity contribution in [3.63, 3.8) is 0 Å². The van der Waals surface area contributed by atoms with Crippen molar-refractivity contribution in [1.29, 1.82) is 0 Å². The van der Waals surface area contributed by atoms with Crippen LogP contribution in [0.3, 0.4) is 0 Å². The van der Waals surface area contributed by atoms with Crippen LogP contribution in [-0.2, 0) is 31.4 Å². The number of methoxy groups -OCH3 is 1. The van der Waals surface area contributed by atoms with Gasteiger partial charge in [-0.3, -0.25) is 19.2 Å². The number of nitrogens with one attached hydrogen (secondary N) is 2. The van der Waals surface area contributed by atoms with E-state index in [-0.39, 0.29) is 18.1 Å². The summed E-state index contributed by atoms with van der Waals surface area (Å²) in [7, 11) is 1.49. The first-order chi connectivity index (χ1) is 19.2. The van der Waals surface area contributed by atoms with Gasteiger partial charge < -0.3 is 25.0 Å². The van der Waals surface area contributed by atoms with Crippen LogP contribution in [0.25, 0.3) is 11.3 Å². The molecule has 11 heteroatoms. The molecule has 0 unspecified atom stereocenters. The Labute approximate surface area is 236 Å². The maximum atomic E-state index is 13.2. The van der Waals surface area contributed by atoms with E-state index < -0.39 is 42.1 Å². The molecule has 10 nitrogen and oxygen atoms in total. The zero-order valence-corrected chi connectivity index (χ0v) is 23.4. The van der Waals surface area contributed by atoms with Crippen LogP contribution >= 0.6 is 11.8 Å². The molecular weight excluding hydrogens is 534 g/mol. The highest BCUT2D eigenvalue weighted by atomic mass is 32.2. The number of carbonyl (C=O) groups is 4. The smallest absolute Gasteiger partial charge is 0.305 e. The number of hydrogen-bond acceptors (Lipinski definition) is 8. The van der Waals surface area contributed by atoms with Gasteiger partial charge in [-0.1, -0.05) is 49.3 Å². The fraction of sp³-hybridized carbons (Fsp3) is 0.345. The molecule has 2 amide bonds. The van der Waals surface area contributed by atoms with Gasteiger partial charge in [0, 0.05) is 22.9 Å². The summed E-state index contributed by atoms with van der Waals surface area (Å²) >= 11 is 1.34. The summed E-state index contributed by atoms with van der Waals surface area (Å²) in [6.45, 7) is 3.50. The fourth-order valence-corrected chi connectivity index (χ4v) is 4.93. The van der Waals surface area contributed by atoms with Crippen LogP contribution in [0.5, 0.6) is 5.75 Å². The normalized spacial score (nSPS) is 12.4. The van der Waals surface area contributed by atoms with Crippen molar-refractivity contribution in [2.45, 2.75) is 44.5 Å². The number of carboxylic acids is 1. The van der Waals surface area contributed by atoms with Crippen LogP contribution < -0.4 is 15.4 Å².